The maximum absolute atomic E-state index is 12.0. The van der Waals surface area contributed by atoms with Crippen LogP contribution in [0.5, 0.6) is 0 Å². The highest BCUT2D eigenvalue weighted by Gasteiger charge is 2.25. The molecule has 3 N–H and O–H groups in total. The number of hydrogen-bond acceptors (Lipinski definition) is 4. The molecule has 1 atom stereocenters. The number of aromatic nitrogens is 4. The molecule has 3 aromatic heterocycles. The fraction of sp³-hybridized carbons (Fsp3) is 0.353. The largest absolute Gasteiger partial charge is 0.383 e. The van der Waals surface area contributed by atoms with Crippen LogP contribution in [-0.2, 0) is 19.2 Å². The highest BCUT2D eigenvalue weighted by atomic mass is 16.3. The summed E-state index contributed by atoms with van der Waals surface area (Å²) < 4.78 is 3.58. The fourth-order valence-corrected chi connectivity index (χ4v) is 2.57. The normalized spacial score (nSPS) is 13.6. The Bertz CT molecular complexity index is 896. The average Bonchev–Trinajstić information content (AvgIpc) is 3.18. The van der Waals surface area contributed by atoms with Gasteiger partial charge >= 0.3 is 6.03 Å². The number of aryl methyl sites for hydroxylation is 2. The number of fused-ring (bicyclic) bond motifs is 1. The third-order valence-electron chi connectivity index (χ3n) is 4.10. The number of imidazole rings is 1. The Morgan fingerprint density at radius 3 is 2.80 bits per heavy atom. The molecule has 0 aliphatic carbocycles. The number of carbonyl (C=O) groups excluding carboxylic acids is 1. The number of carbonyl (C=O) groups is 1. The summed E-state index contributed by atoms with van der Waals surface area (Å²) in [5.41, 5.74) is 2.14. The van der Waals surface area contributed by atoms with Crippen LogP contribution in [0.1, 0.15) is 23.9 Å². The van der Waals surface area contributed by atoms with E-state index in [0.717, 1.165) is 17.0 Å². The van der Waals surface area contributed by atoms with Gasteiger partial charge in [0.2, 0.25) is 0 Å². The molecule has 0 aliphatic rings. The Balaban J connectivity index is 1.54. The number of pyridine rings is 1. The topological polar surface area (TPSA) is 96.5 Å². The van der Waals surface area contributed by atoms with E-state index in [1.165, 1.54) is 0 Å². The maximum atomic E-state index is 12.0. The lowest BCUT2D eigenvalue weighted by atomic mass is 10.00. The summed E-state index contributed by atoms with van der Waals surface area (Å²) in [6, 6.07) is 5.50. The zero-order chi connectivity index (χ0) is 18.0. The molecule has 0 radical (unpaired) electrons. The summed E-state index contributed by atoms with van der Waals surface area (Å²) >= 11 is 0. The molecule has 0 fully saturated rings. The van der Waals surface area contributed by atoms with Crippen molar-refractivity contribution in [3.63, 3.8) is 0 Å². The van der Waals surface area contributed by atoms with Crippen molar-refractivity contribution in [2.75, 3.05) is 6.54 Å². The molecular weight excluding hydrogens is 320 g/mol. The van der Waals surface area contributed by atoms with Gasteiger partial charge in [0.05, 0.1) is 25.0 Å². The molecule has 3 rings (SSSR count). The number of amides is 2. The van der Waals surface area contributed by atoms with E-state index in [0.29, 0.717) is 12.1 Å². The van der Waals surface area contributed by atoms with Crippen LogP contribution in [0.3, 0.4) is 0 Å². The molecule has 2 amide bonds. The number of nitrogens with zero attached hydrogens (tertiary/aromatic N) is 4. The Hall–Kier alpha value is -2.87. The van der Waals surface area contributed by atoms with E-state index >= 15 is 0 Å². The van der Waals surface area contributed by atoms with Crippen LogP contribution in [0.25, 0.3) is 5.65 Å². The predicted molar refractivity (Wildman–Crippen MR) is 92.9 cm³/mol. The molecule has 8 nitrogen and oxygen atoms in total. The summed E-state index contributed by atoms with van der Waals surface area (Å²) in [6.07, 6.45) is 5.20. The van der Waals surface area contributed by atoms with Crippen LogP contribution < -0.4 is 10.6 Å². The predicted octanol–water partition coefficient (Wildman–Crippen LogP) is 1.08. The van der Waals surface area contributed by atoms with Crippen LogP contribution in [-0.4, -0.2) is 36.8 Å². The van der Waals surface area contributed by atoms with Crippen LogP contribution in [0.15, 0.2) is 36.8 Å². The van der Waals surface area contributed by atoms with Gasteiger partial charge in [0.15, 0.2) is 0 Å². The lowest BCUT2D eigenvalue weighted by molar-refractivity contribution is 0.0593. The van der Waals surface area contributed by atoms with Gasteiger partial charge in [-0.15, -0.1) is 0 Å². The quantitative estimate of drug-likeness (QED) is 0.646. The third kappa shape index (κ3) is 3.80. The van der Waals surface area contributed by atoms with E-state index in [-0.39, 0.29) is 12.6 Å². The van der Waals surface area contributed by atoms with E-state index < -0.39 is 5.60 Å². The lowest BCUT2D eigenvalue weighted by Gasteiger charge is -2.22. The maximum Gasteiger partial charge on any atom is 0.315 e. The summed E-state index contributed by atoms with van der Waals surface area (Å²) in [4.78, 5) is 16.5. The molecule has 0 aromatic carbocycles. The Kier molecular flexibility index (Phi) is 4.45. The molecule has 3 aromatic rings. The zero-order valence-corrected chi connectivity index (χ0v) is 14.5. The highest BCUT2D eigenvalue weighted by molar-refractivity contribution is 5.73. The minimum Gasteiger partial charge on any atom is -0.383 e. The van der Waals surface area contributed by atoms with Gasteiger partial charge < -0.3 is 20.1 Å². The second-order valence-electron chi connectivity index (χ2n) is 6.34. The van der Waals surface area contributed by atoms with Crippen molar-refractivity contribution in [3.8, 4) is 0 Å². The standard InChI is InChI=1S/C17H22N6O2/c1-12-5-4-6-15-21-14(10-23(12)15)8-18-16(24)19-11-17(2,25)13-7-20-22(3)9-13/h4-7,9-10,25H,8,11H2,1-3H3,(H2,18,19,24). The Labute approximate surface area is 145 Å². The Morgan fingerprint density at radius 2 is 2.12 bits per heavy atom. The SMILES string of the molecule is Cc1cccc2nc(CNC(=O)NCC(C)(O)c3cnn(C)c3)cn12. The zero-order valence-electron chi connectivity index (χ0n) is 14.5. The molecule has 0 bridgehead atoms. The van der Waals surface area contributed by atoms with Crippen molar-refractivity contribution in [1.82, 2.24) is 29.8 Å². The molecule has 8 heteroatoms. The van der Waals surface area contributed by atoms with Gasteiger partial charge in [-0.1, -0.05) is 6.07 Å². The average molecular weight is 342 g/mol. The summed E-state index contributed by atoms with van der Waals surface area (Å²) in [7, 11) is 1.77. The van der Waals surface area contributed by atoms with Gasteiger partial charge in [-0.3, -0.25) is 4.68 Å². The van der Waals surface area contributed by atoms with Gasteiger partial charge in [0, 0.05) is 30.7 Å². The van der Waals surface area contributed by atoms with Gasteiger partial charge in [-0.25, -0.2) is 9.78 Å². The number of nitrogens with one attached hydrogen (secondary N) is 2. The first kappa shape index (κ1) is 17.0. The van der Waals surface area contributed by atoms with Crippen molar-refractivity contribution < 1.29 is 9.90 Å². The minimum atomic E-state index is -1.19. The number of urea groups is 1. The molecule has 3 heterocycles. The van der Waals surface area contributed by atoms with E-state index in [1.54, 1.807) is 31.0 Å². The van der Waals surface area contributed by atoms with Crippen LogP contribution in [0.4, 0.5) is 4.79 Å². The second-order valence-corrected chi connectivity index (χ2v) is 6.34. The third-order valence-corrected chi connectivity index (χ3v) is 4.10. The molecule has 132 valence electrons. The lowest BCUT2D eigenvalue weighted by Crippen LogP contribution is -2.43. The monoisotopic (exact) mass is 342 g/mol. The number of hydrogen-bond donors (Lipinski definition) is 3. The van der Waals surface area contributed by atoms with Gasteiger partial charge in [-0.2, -0.15) is 5.10 Å². The van der Waals surface area contributed by atoms with Crippen molar-refractivity contribution >= 4 is 11.7 Å². The fourth-order valence-electron chi connectivity index (χ4n) is 2.57. The molecule has 1 unspecified atom stereocenters. The Morgan fingerprint density at radius 1 is 1.32 bits per heavy atom. The highest BCUT2D eigenvalue weighted by Crippen LogP contribution is 2.18. The van der Waals surface area contributed by atoms with E-state index in [1.807, 2.05) is 35.7 Å². The first-order valence-corrected chi connectivity index (χ1v) is 8.02. The minimum absolute atomic E-state index is 0.0782. The first-order chi connectivity index (χ1) is 11.8. The molecule has 0 saturated carbocycles. The van der Waals surface area contributed by atoms with Crippen LogP contribution in [0, 0.1) is 6.92 Å². The molecule has 0 aliphatic heterocycles. The van der Waals surface area contributed by atoms with Crippen molar-refractivity contribution in [1.29, 1.82) is 0 Å². The van der Waals surface area contributed by atoms with Crippen molar-refractivity contribution in [2.24, 2.45) is 7.05 Å². The van der Waals surface area contributed by atoms with E-state index in [4.69, 9.17) is 0 Å². The molecule has 25 heavy (non-hydrogen) atoms. The summed E-state index contributed by atoms with van der Waals surface area (Å²) in [5.74, 6) is 0. The van der Waals surface area contributed by atoms with Gasteiger partial charge in [0.1, 0.15) is 11.2 Å². The molecular formula is C17H22N6O2. The molecule has 0 saturated heterocycles. The molecule has 0 spiro atoms. The first-order valence-electron chi connectivity index (χ1n) is 8.02. The van der Waals surface area contributed by atoms with E-state index in [9.17, 15) is 9.90 Å². The van der Waals surface area contributed by atoms with Gasteiger partial charge in [0.25, 0.3) is 0 Å². The summed E-state index contributed by atoms with van der Waals surface area (Å²) in [6.45, 7) is 4.02. The van der Waals surface area contributed by atoms with Crippen molar-refractivity contribution in [2.45, 2.75) is 26.0 Å². The van der Waals surface area contributed by atoms with E-state index in [2.05, 4.69) is 20.7 Å². The number of aliphatic hydroxyl groups is 1. The second kappa shape index (κ2) is 6.56. The van der Waals surface area contributed by atoms with Gasteiger partial charge in [-0.05, 0) is 26.0 Å². The summed E-state index contributed by atoms with van der Waals surface area (Å²) in [5, 5.41) is 19.9. The van der Waals surface area contributed by atoms with Crippen LogP contribution >= 0.6 is 0 Å². The van der Waals surface area contributed by atoms with Crippen LogP contribution in [0.2, 0.25) is 0 Å². The smallest absolute Gasteiger partial charge is 0.315 e. The number of rotatable bonds is 5. The van der Waals surface area contributed by atoms with Crippen molar-refractivity contribution in [3.05, 3.63) is 53.7 Å².